The monoisotopic (exact) mass is 171 g/mol. The van der Waals surface area contributed by atoms with E-state index in [4.69, 9.17) is 0 Å². The van der Waals surface area contributed by atoms with E-state index in [1.165, 1.54) is 19.4 Å². The van der Waals surface area contributed by atoms with Crippen molar-refractivity contribution in [1.29, 1.82) is 0 Å². The van der Waals surface area contributed by atoms with E-state index in [0.29, 0.717) is 6.04 Å². The number of rotatable bonds is 6. The molecule has 1 heteroatoms. The maximum atomic E-state index is 3.55. The fourth-order valence-corrected chi connectivity index (χ4v) is 1.13. The van der Waals surface area contributed by atoms with Crippen LogP contribution in [0.25, 0.3) is 0 Å². The van der Waals surface area contributed by atoms with E-state index < -0.39 is 0 Å². The molecule has 0 aromatic heterocycles. The molecule has 0 spiro atoms. The summed E-state index contributed by atoms with van der Waals surface area (Å²) >= 11 is 0. The molecule has 0 radical (unpaired) electrons. The molecule has 1 N–H and O–H groups in total. The lowest BCUT2D eigenvalue weighted by atomic mass is 9.93. The molecule has 0 saturated heterocycles. The molecule has 0 bridgehead atoms. The SMILES string of the molecule is CCC(C)NC[C@H](C)C(C)CC. The van der Waals surface area contributed by atoms with Gasteiger partial charge in [0.15, 0.2) is 0 Å². The average Bonchev–Trinajstić information content (AvgIpc) is 2.11. The van der Waals surface area contributed by atoms with Crippen molar-refractivity contribution in [3.8, 4) is 0 Å². The molecule has 74 valence electrons. The van der Waals surface area contributed by atoms with E-state index in [1.807, 2.05) is 0 Å². The second-order valence-electron chi connectivity index (χ2n) is 4.08. The van der Waals surface area contributed by atoms with E-state index in [2.05, 4.69) is 39.9 Å². The maximum Gasteiger partial charge on any atom is 0.00362 e. The number of nitrogens with one attached hydrogen (secondary N) is 1. The molecule has 0 aliphatic heterocycles. The van der Waals surface area contributed by atoms with E-state index in [1.54, 1.807) is 0 Å². The van der Waals surface area contributed by atoms with Gasteiger partial charge in [-0.15, -0.1) is 0 Å². The van der Waals surface area contributed by atoms with Crippen LogP contribution in [0, 0.1) is 11.8 Å². The summed E-state index contributed by atoms with van der Waals surface area (Å²) in [4.78, 5) is 0. The van der Waals surface area contributed by atoms with E-state index in [0.717, 1.165) is 11.8 Å². The van der Waals surface area contributed by atoms with E-state index in [9.17, 15) is 0 Å². The van der Waals surface area contributed by atoms with Crippen LogP contribution in [0.3, 0.4) is 0 Å². The van der Waals surface area contributed by atoms with E-state index >= 15 is 0 Å². The standard InChI is InChI=1S/C11H25N/c1-6-9(3)10(4)8-12-11(5)7-2/h9-12H,6-8H2,1-5H3/t9?,10-,11?/m0/s1. The third-order valence-electron chi connectivity index (χ3n) is 3.02. The quantitative estimate of drug-likeness (QED) is 0.647. The van der Waals surface area contributed by atoms with Crippen LogP contribution in [-0.4, -0.2) is 12.6 Å². The first-order valence-corrected chi connectivity index (χ1v) is 5.35. The first-order chi connectivity index (χ1) is 5.61. The van der Waals surface area contributed by atoms with Crippen LogP contribution >= 0.6 is 0 Å². The summed E-state index contributed by atoms with van der Waals surface area (Å²) in [6.07, 6.45) is 2.52. The molecular formula is C11H25N. The Morgan fingerprint density at radius 3 is 1.92 bits per heavy atom. The van der Waals surface area contributed by atoms with Crippen molar-refractivity contribution >= 4 is 0 Å². The molecule has 0 fully saturated rings. The molecule has 0 aliphatic rings. The van der Waals surface area contributed by atoms with Gasteiger partial charge in [0.1, 0.15) is 0 Å². The molecule has 0 heterocycles. The van der Waals surface area contributed by atoms with Gasteiger partial charge in [-0.1, -0.05) is 34.1 Å². The fraction of sp³-hybridized carbons (Fsp3) is 1.00. The molecule has 0 aromatic carbocycles. The van der Waals surface area contributed by atoms with Crippen molar-refractivity contribution in [3.05, 3.63) is 0 Å². The highest BCUT2D eigenvalue weighted by Gasteiger charge is 2.10. The summed E-state index contributed by atoms with van der Waals surface area (Å²) in [5.74, 6) is 1.66. The molecule has 0 amide bonds. The van der Waals surface area contributed by atoms with Crippen LogP contribution in [0.1, 0.15) is 47.5 Å². The molecule has 12 heavy (non-hydrogen) atoms. The zero-order valence-corrected chi connectivity index (χ0v) is 9.35. The summed E-state index contributed by atoms with van der Waals surface area (Å²) in [6.45, 7) is 12.6. The highest BCUT2D eigenvalue weighted by molar-refractivity contribution is 4.66. The van der Waals surface area contributed by atoms with E-state index in [-0.39, 0.29) is 0 Å². The minimum Gasteiger partial charge on any atom is -0.314 e. The lowest BCUT2D eigenvalue weighted by molar-refractivity contribution is 0.342. The number of hydrogen-bond donors (Lipinski definition) is 1. The molecule has 3 atom stereocenters. The third-order valence-corrected chi connectivity index (χ3v) is 3.02. The molecule has 1 nitrogen and oxygen atoms in total. The lowest BCUT2D eigenvalue weighted by Crippen LogP contribution is -2.31. The van der Waals surface area contributed by atoms with Gasteiger partial charge in [0, 0.05) is 6.04 Å². The molecule has 2 unspecified atom stereocenters. The molecule has 0 saturated carbocycles. The Balaban J connectivity index is 3.49. The normalized spacial score (nSPS) is 18.8. The predicted octanol–water partition coefficient (Wildman–Crippen LogP) is 3.06. The highest BCUT2D eigenvalue weighted by atomic mass is 14.9. The van der Waals surface area contributed by atoms with Crippen molar-refractivity contribution in [2.75, 3.05) is 6.54 Å². The van der Waals surface area contributed by atoms with Gasteiger partial charge in [0.05, 0.1) is 0 Å². The lowest BCUT2D eigenvalue weighted by Gasteiger charge is -2.21. The Morgan fingerprint density at radius 1 is 0.917 bits per heavy atom. The summed E-state index contributed by atoms with van der Waals surface area (Å²) in [6, 6.07) is 0.677. The van der Waals surface area contributed by atoms with Gasteiger partial charge in [-0.05, 0) is 31.7 Å². The topological polar surface area (TPSA) is 12.0 Å². The van der Waals surface area contributed by atoms with Crippen molar-refractivity contribution in [1.82, 2.24) is 5.32 Å². The Morgan fingerprint density at radius 2 is 1.50 bits per heavy atom. The first kappa shape index (κ1) is 12.0. The van der Waals surface area contributed by atoms with Gasteiger partial charge in [-0.2, -0.15) is 0 Å². The van der Waals surface area contributed by atoms with Crippen LogP contribution in [0.15, 0.2) is 0 Å². The molecule has 0 rings (SSSR count). The summed E-state index contributed by atoms with van der Waals surface area (Å²) < 4.78 is 0. The smallest absolute Gasteiger partial charge is 0.00362 e. The van der Waals surface area contributed by atoms with Crippen molar-refractivity contribution in [3.63, 3.8) is 0 Å². The second kappa shape index (κ2) is 6.47. The Kier molecular flexibility index (Phi) is 6.45. The fourth-order valence-electron chi connectivity index (χ4n) is 1.13. The van der Waals surface area contributed by atoms with Gasteiger partial charge in [-0.3, -0.25) is 0 Å². The van der Waals surface area contributed by atoms with Crippen molar-refractivity contribution < 1.29 is 0 Å². The Labute approximate surface area is 77.9 Å². The average molecular weight is 171 g/mol. The predicted molar refractivity (Wildman–Crippen MR) is 56.4 cm³/mol. The minimum absolute atomic E-state index is 0.677. The minimum atomic E-state index is 0.677. The van der Waals surface area contributed by atoms with Crippen LogP contribution in [0.2, 0.25) is 0 Å². The number of hydrogen-bond acceptors (Lipinski definition) is 1. The maximum absolute atomic E-state index is 3.55. The van der Waals surface area contributed by atoms with Crippen molar-refractivity contribution in [2.24, 2.45) is 11.8 Å². The van der Waals surface area contributed by atoms with Crippen LogP contribution in [-0.2, 0) is 0 Å². The van der Waals surface area contributed by atoms with Gasteiger partial charge in [0.25, 0.3) is 0 Å². The van der Waals surface area contributed by atoms with Crippen molar-refractivity contribution in [2.45, 2.75) is 53.5 Å². The largest absolute Gasteiger partial charge is 0.314 e. The summed E-state index contributed by atoms with van der Waals surface area (Å²) in [5, 5.41) is 3.55. The highest BCUT2D eigenvalue weighted by Crippen LogP contribution is 2.13. The van der Waals surface area contributed by atoms with Gasteiger partial charge >= 0.3 is 0 Å². The van der Waals surface area contributed by atoms with Crippen LogP contribution < -0.4 is 5.32 Å². The van der Waals surface area contributed by atoms with Gasteiger partial charge in [-0.25, -0.2) is 0 Å². The summed E-state index contributed by atoms with van der Waals surface area (Å²) in [5.41, 5.74) is 0. The zero-order valence-electron chi connectivity index (χ0n) is 9.35. The molecule has 0 aromatic rings. The van der Waals surface area contributed by atoms with Gasteiger partial charge < -0.3 is 5.32 Å². The summed E-state index contributed by atoms with van der Waals surface area (Å²) in [7, 11) is 0. The Hall–Kier alpha value is -0.0400. The third kappa shape index (κ3) is 4.76. The Bertz CT molecular complexity index is 101. The molecular weight excluding hydrogens is 146 g/mol. The van der Waals surface area contributed by atoms with Crippen LogP contribution in [0.4, 0.5) is 0 Å². The van der Waals surface area contributed by atoms with Gasteiger partial charge in [0.2, 0.25) is 0 Å². The van der Waals surface area contributed by atoms with Crippen LogP contribution in [0.5, 0.6) is 0 Å². The molecule has 0 aliphatic carbocycles. The first-order valence-electron chi connectivity index (χ1n) is 5.35. The second-order valence-corrected chi connectivity index (χ2v) is 4.08. The zero-order chi connectivity index (χ0) is 9.56.